The third-order valence-electron chi connectivity index (χ3n) is 3.37. The highest BCUT2D eigenvalue weighted by atomic mass is 35.5. The second-order valence-electron chi connectivity index (χ2n) is 5.24. The van der Waals surface area contributed by atoms with Crippen molar-refractivity contribution in [3.05, 3.63) is 51.9 Å². The Bertz CT molecular complexity index is 710. The lowest BCUT2D eigenvalue weighted by atomic mass is 10.2. The van der Waals surface area contributed by atoms with E-state index in [9.17, 15) is 9.59 Å². The van der Waals surface area contributed by atoms with Crippen LogP contribution in [0.5, 0.6) is 0 Å². The molecule has 4 nitrogen and oxygen atoms in total. The molecule has 114 valence electrons. The zero-order chi connectivity index (χ0) is 15.5. The quantitative estimate of drug-likeness (QED) is 0.876. The number of carbonyl (C=O) groups is 2. The van der Waals surface area contributed by atoms with Crippen LogP contribution in [-0.2, 0) is 11.3 Å². The van der Waals surface area contributed by atoms with E-state index in [0.717, 1.165) is 18.4 Å². The smallest absolute Gasteiger partial charge is 0.261 e. The molecule has 1 heterocycles. The average molecular weight is 335 g/mol. The van der Waals surface area contributed by atoms with Crippen molar-refractivity contribution in [1.29, 1.82) is 0 Å². The van der Waals surface area contributed by atoms with Gasteiger partial charge in [-0.05, 0) is 42.7 Å². The van der Waals surface area contributed by atoms with Crippen molar-refractivity contribution in [2.45, 2.75) is 19.4 Å². The summed E-state index contributed by atoms with van der Waals surface area (Å²) < 4.78 is 0. The van der Waals surface area contributed by atoms with Crippen LogP contribution in [0.4, 0.5) is 5.00 Å². The lowest BCUT2D eigenvalue weighted by molar-refractivity contribution is -0.117. The maximum Gasteiger partial charge on any atom is 0.261 e. The summed E-state index contributed by atoms with van der Waals surface area (Å²) in [5.74, 6) is 0.0480. The van der Waals surface area contributed by atoms with Crippen LogP contribution in [0, 0.1) is 5.92 Å². The summed E-state index contributed by atoms with van der Waals surface area (Å²) in [4.78, 5) is 24.4. The van der Waals surface area contributed by atoms with E-state index in [4.69, 9.17) is 11.6 Å². The molecular weight excluding hydrogens is 320 g/mol. The number of hydrogen-bond acceptors (Lipinski definition) is 3. The lowest BCUT2D eigenvalue weighted by Gasteiger charge is -2.04. The first-order valence-electron chi connectivity index (χ1n) is 7.05. The van der Waals surface area contributed by atoms with Crippen LogP contribution in [0.3, 0.4) is 0 Å². The zero-order valence-corrected chi connectivity index (χ0v) is 13.3. The third kappa shape index (κ3) is 3.87. The van der Waals surface area contributed by atoms with E-state index in [0.29, 0.717) is 21.4 Å². The van der Waals surface area contributed by atoms with E-state index in [1.165, 1.54) is 11.3 Å². The Balaban J connectivity index is 1.55. The molecule has 1 aromatic carbocycles. The van der Waals surface area contributed by atoms with Gasteiger partial charge in [-0.25, -0.2) is 0 Å². The first-order valence-corrected chi connectivity index (χ1v) is 8.24. The number of thiophene rings is 1. The van der Waals surface area contributed by atoms with Gasteiger partial charge in [0.15, 0.2) is 0 Å². The van der Waals surface area contributed by atoms with E-state index in [1.807, 2.05) is 18.2 Å². The molecule has 1 aliphatic rings. The second-order valence-corrected chi connectivity index (χ2v) is 6.76. The standard InChI is InChI=1S/C16H15ClN2O2S/c17-12-3-1-2-10(8-12)9-18-16(21)13-6-7-14(22-13)19-15(20)11-4-5-11/h1-3,6-8,11H,4-5,9H2,(H,18,21)(H,19,20). The molecule has 6 heteroatoms. The van der Waals surface area contributed by atoms with Crippen molar-refractivity contribution in [3.8, 4) is 0 Å². The fourth-order valence-electron chi connectivity index (χ4n) is 2.01. The van der Waals surface area contributed by atoms with Gasteiger partial charge in [0.25, 0.3) is 5.91 Å². The van der Waals surface area contributed by atoms with Gasteiger partial charge in [-0.15, -0.1) is 11.3 Å². The van der Waals surface area contributed by atoms with Crippen molar-refractivity contribution in [3.63, 3.8) is 0 Å². The SMILES string of the molecule is O=C(NCc1cccc(Cl)c1)c1ccc(NC(=O)C2CC2)s1. The van der Waals surface area contributed by atoms with Gasteiger partial charge in [-0.3, -0.25) is 9.59 Å². The van der Waals surface area contributed by atoms with Gasteiger partial charge < -0.3 is 10.6 Å². The van der Waals surface area contributed by atoms with E-state index in [1.54, 1.807) is 18.2 Å². The molecular formula is C16H15ClN2O2S. The first kappa shape index (κ1) is 15.1. The van der Waals surface area contributed by atoms with Gasteiger partial charge in [0.2, 0.25) is 5.91 Å². The van der Waals surface area contributed by atoms with Crippen LogP contribution >= 0.6 is 22.9 Å². The lowest BCUT2D eigenvalue weighted by Crippen LogP contribution is -2.21. The van der Waals surface area contributed by atoms with Crippen molar-refractivity contribution in [2.24, 2.45) is 5.92 Å². The normalized spacial score (nSPS) is 13.7. The predicted octanol–water partition coefficient (Wildman–Crippen LogP) is 3.68. The van der Waals surface area contributed by atoms with Gasteiger partial charge in [-0.2, -0.15) is 0 Å². The minimum absolute atomic E-state index is 0.0488. The number of nitrogens with one attached hydrogen (secondary N) is 2. The molecule has 3 rings (SSSR count). The summed E-state index contributed by atoms with van der Waals surface area (Å²) in [5.41, 5.74) is 0.944. The summed E-state index contributed by atoms with van der Waals surface area (Å²) in [6, 6.07) is 10.8. The molecule has 2 amide bonds. The molecule has 0 spiro atoms. The molecule has 2 aromatic rings. The number of rotatable bonds is 5. The highest BCUT2D eigenvalue weighted by Gasteiger charge is 2.29. The van der Waals surface area contributed by atoms with Gasteiger partial charge in [0.05, 0.1) is 9.88 Å². The monoisotopic (exact) mass is 334 g/mol. The van der Waals surface area contributed by atoms with Crippen LogP contribution in [0.25, 0.3) is 0 Å². The summed E-state index contributed by atoms with van der Waals surface area (Å²) in [7, 11) is 0. The molecule has 22 heavy (non-hydrogen) atoms. The Labute approximate surface area is 137 Å². The fourth-order valence-corrected chi connectivity index (χ4v) is 3.05. The summed E-state index contributed by atoms with van der Waals surface area (Å²) in [6.07, 6.45) is 1.92. The predicted molar refractivity (Wildman–Crippen MR) is 88.3 cm³/mol. The minimum Gasteiger partial charge on any atom is -0.347 e. The number of amides is 2. The van der Waals surface area contributed by atoms with Crippen molar-refractivity contribution in [1.82, 2.24) is 5.32 Å². The Morgan fingerprint density at radius 2 is 2.05 bits per heavy atom. The van der Waals surface area contributed by atoms with Crippen LogP contribution in [0.15, 0.2) is 36.4 Å². The minimum atomic E-state index is -0.156. The maximum atomic E-state index is 12.1. The molecule has 1 aliphatic carbocycles. The van der Waals surface area contributed by atoms with Crippen LogP contribution in [0.2, 0.25) is 5.02 Å². The number of halogens is 1. The molecule has 0 radical (unpaired) electrons. The Kier molecular flexibility index (Phi) is 4.45. The Morgan fingerprint density at radius 3 is 2.77 bits per heavy atom. The molecule has 0 saturated heterocycles. The van der Waals surface area contributed by atoms with E-state index in [2.05, 4.69) is 10.6 Å². The van der Waals surface area contributed by atoms with E-state index in [-0.39, 0.29) is 17.7 Å². The number of benzene rings is 1. The molecule has 0 aliphatic heterocycles. The van der Waals surface area contributed by atoms with Crippen LogP contribution in [0.1, 0.15) is 28.1 Å². The summed E-state index contributed by atoms with van der Waals surface area (Å²) >= 11 is 7.19. The third-order valence-corrected chi connectivity index (χ3v) is 4.60. The van der Waals surface area contributed by atoms with Crippen LogP contribution in [-0.4, -0.2) is 11.8 Å². The zero-order valence-electron chi connectivity index (χ0n) is 11.8. The molecule has 1 saturated carbocycles. The van der Waals surface area contributed by atoms with Gasteiger partial charge >= 0.3 is 0 Å². The summed E-state index contributed by atoms with van der Waals surface area (Å²) in [5, 5.41) is 7.05. The number of anilines is 1. The van der Waals surface area contributed by atoms with Gasteiger partial charge in [0, 0.05) is 17.5 Å². The molecule has 2 N–H and O–H groups in total. The highest BCUT2D eigenvalue weighted by Crippen LogP contribution is 2.31. The van der Waals surface area contributed by atoms with E-state index >= 15 is 0 Å². The number of hydrogen-bond donors (Lipinski definition) is 2. The largest absolute Gasteiger partial charge is 0.347 e. The molecule has 1 aromatic heterocycles. The Morgan fingerprint density at radius 1 is 1.23 bits per heavy atom. The number of carbonyl (C=O) groups excluding carboxylic acids is 2. The van der Waals surface area contributed by atoms with Crippen molar-refractivity contribution >= 4 is 39.8 Å². The average Bonchev–Trinajstić information content (AvgIpc) is 3.25. The Hall–Kier alpha value is -1.85. The molecule has 0 atom stereocenters. The second kappa shape index (κ2) is 6.50. The topological polar surface area (TPSA) is 58.2 Å². The van der Waals surface area contributed by atoms with E-state index < -0.39 is 0 Å². The fraction of sp³-hybridized carbons (Fsp3) is 0.250. The molecule has 0 unspecified atom stereocenters. The molecule has 0 bridgehead atoms. The maximum absolute atomic E-state index is 12.1. The van der Waals surface area contributed by atoms with Gasteiger partial charge in [0.1, 0.15) is 0 Å². The van der Waals surface area contributed by atoms with Gasteiger partial charge in [-0.1, -0.05) is 23.7 Å². The highest BCUT2D eigenvalue weighted by molar-refractivity contribution is 7.18. The van der Waals surface area contributed by atoms with Crippen molar-refractivity contribution in [2.75, 3.05) is 5.32 Å². The van der Waals surface area contributed by atoms with Crippen molar-refractivity contribution < 1.29 is 9.59 Å². The van der Waals surface area contributed by atoms with Crippen LogP contribution < -0.4 is 10.6 Å². The first-order chi connectivity index (χ1) is 10.6. The summed E-state index contributed by atoms with van der Waals surface area (Å²) in [6.45, 7) is 0.418. The molecule has 1 fully saturated rings.